The molecule has 0 saturated carbocycles. The van der Waals surface area contributed by atoms with Crippen LogP contribution in [0.2, 0.25) is 0 Å². The van der Waals surface area contributed by atoms with Gasteiger partial charge in [-0.25, -0.2) is 0 Å². The molecule has 2 fully saturated rings. The molecule has 2 aliphatic heterocycles. The van der Waals surface area contributed by atoms with Crippen LogP contribution in [0.3, 0.4) is 0 Å². The predicted octanol–water partition coefficient (Wildman–Crippen LogP) is 0.0253. The number of carbonyl (C=O) groups is 1. The molecule has 0 aromatic rings. The Hall–Kier alpha value is -0.810. The van der Waals surface area contributed by atoms with Crippen molar-refractivity contribution in [3.63, 3.8) is 0 Å². The zero-order chi connectivity index (χ0) is 22.3. The van der Waals surface area contributed by atoms with Gasteiger partial charge < -0.3 is 39.5 Å². The van der Waals surface area contributed by atoms with Crippen molar-refractivity contribution in [1.29, 1.82) is 0 Å². The first-order valence-electron chi connectivity index (χ1n) is 11.1. The van der Waals surface area contributed by atoms with E-state index in [0.717, 1.165) is 12.8 Å². The number of hydrogen-bond donors (Lipinski definition) is 4. The minimum absolute atomic E-state index is 0.0389. The number of rotatable bonds is 11. The molecule has 2 saturated heterocycles. The highest BCUT2D eigenvalue weighted by Crippen LogP contribution is 2.27. The molecule has 0 aromatic carbocycles. The van der Waals surface area contributed by atoms with Gasteiger partial charge in [-0.1, -0.05) is 13.3 Å². The first kappa shape index (κ1) is 25.5. The normalized spacial score (nSPS) is 34.7. The second kappa shape index (κ2) is 12.3. The summed E-state index contributed by atoms with van der Waals surface area (Å²) in [6.07, 6.45) is -0.872. The molecule has 5 unspecified atom stereocenters. The third kappa shape index (κ3) is 7.12. The van der Waals surface area contributed by atoms with E-state index in [1.165, 1.54) is 0 Å². The van der Waals surface area contributed by atoms with E-state index in [-0.39, 0.29) is 24.7 Å². The van der Waals surface area contributed by atoms with Crippen LogP contribution in [0.4, 0.5) is 0 Å². The van der Waals surface area contributed by atoms with Crippen molar-refractivity contribution in [1.82, 2.24) is 4.90 Å². The summed E-state index contributed by atoms with van der Waals surface area (Å²) in [5.41, 5.74) is 0. The third-order valence-corrected chi connectivity index (χ3v) is 5.84. The van der Waals surface area contributed by atoms with E-state index in [0.29, 0.717) is 39.0 Å². The number of aliphatic hydroxyl groups excluding tert-OH is 4. The molecule has 2 aliphatic rings. The van der Waals surface area contributed by atoms with E-state index >= 15 is 0 Å². The predicted molar refractivity (Wildman–Crippen MR) is 109 cm³/mol. The SMILES string of the molecule is CC(C)OC[C@@H]1C[C@@H](O)CN1C(=O)CCCCCOC1OC(CO)C(O)C(O)C1C. The fraction of sp³-hybridized carbons (Fsp3) is 0.952. The molecule has 30 heavy (non-hydrogen) atoms. The Balaban J connectivity index is 1.64. The van der Waals surface area contributed by atoms with Crippen LogP contribution in [0.5, 0.6) is 0 Å². The number of unbranched alkanes of at least 4 members (excludes halogenated alkanes) is 2. The molecule has 176 valence electrons. The second-order valence-electron chi connectivity index (χ2n) is 8.72. The van der Waals surface area contributed by atoms with Crippen molar-refractivity contribution in [2.75, 3.05) is 26.4 Å². The summed E-state index contributed by atoms with van der Waals surface area (Å²) in [5, 5.41) is 39.1. The Morgan fingerprint density at radius 2 is 1.90 bits per heavy atom. The fourth-order valence-electron chi connectivity index (χ4n) is 3.97. The highest BCUT2D eigenvalue weighted by atomic mass is 16.7. The third-order valence-electron chi connectivity index (χ3n) is 5.84. The lowest BCUT2D eigenvalue weighted by Crippen LogP contribution is -2.55. The molecule has 0 bridgehead atoms. The number of β-amino-alcohol motifs (C(OH)–C–C–N with tert-alkyl or cyclic N) is 1. The van der Waals surface area contributed by atoms with E-state index in [1.54, 1.807) is 11.8 Å². The maximum atomic E-state index is 12.5. The summed E-state index contributed by atoms with van der Waals surface area (Å²) in [6.45, 7) is 6.46. The number of likely N-dealkylation sites (tertiary alicyclic amines) is 1. The lowest BCUT2D eigenvalue weighted by atomic mass is 9.92. The molecule has 0 aromatic heterocycles. The average Bonchev–Trinajstić information content (AvgIpc) is 3.09. The van der Waals surface area contributed by atoms with Crippen LogP contribution in [0.25, 0.3) is 0 Å². The quantitative estimate of drug-likeness (QED) is 0.336. The van der Waals surface area contributed by atoms with E-state index < -0.39 is 36.6 Å². The highest BCUT2D eigenvalue weighted by molar-refractivity contribution is 5.76. The smallest absolute Gasteiger partial charge is 0.222 e. The number of amides is 1. The van der Waals surface area contributed by atoms with Crippen molar-refractivity contribution in [3.8, 4) is 0 Å². The van der Waals surface area contributed by atoms with Crippen LogP contribution in [-0.2, 0) is 19.0 Å². The van der Waals surface area contributed by atoms with Crippen LogP contribution in [0, 0.1) is 5.92 Å². The van der Waals surface area contributed by atoms with E-state index in [1.807, 2.05) is 13.8 Å². The summed E-state index contributed by atoms with van der Waals surface area (Å²) >= 11 is 0. The zero-order valence-electron chi connectivity index (χ0n) is 18.4. The molecular weight excluding hydrogens is 394 g/mol. The summed E-state index contributed by atoms with van der Waals surface area (Å²) in [4.78, 5) is 14.3. The van der Waals surface area contributed by atoms with Gasteiger partial charge in [-0.2, -0.15) is 0 Å². The molecule has 9 nitrogen and oxygen atoms in total. The lowest BCUT2D eigenvalue weighted by Gasteiger charge is -2.40. The molecule has 7 atom stereocenters. The first-order chi connectivity index (χ1) is 14.2. The molecular formula is C21H39NO8. The van der Waals surface area contributed by atoms with Gasteiger partial charge in [0.05, 0.1) is 37.6 Å². The second-order valence-corrected chi connectivity index (χ2v) is 8.72. The maximum Gasteiger partial charge on any atom is 0.222 e. The first-order valence-corrected chi connectivity index (χ1v) is 11.1. The van der Waals surface area contributed by atoms with Crippen molar-refractivity contribution < 1.29 is 39.4 Å². The Bertz CT molecular complexity index is 517. The highest BCUT2D eigenvalue weighted by Gasteiger charge is 2.42. The molecule has 0 radical (unpaired) electrons. The van der Waals surface area contributed by atoms with Crippen LogP contribution < -0.4 is 0 Å². The topological polar surface area (TPSA) is 129 Å². The summed E-state index contributed by atoms with van der Waals surface area (Å²) < 4.78 is 16.8. The van der Waals surface area contributed by atoms with E-state index in [4.69, 9.17) is 14.2 Å². The number of aliphatic hydroxyl groups is 4. The molecule has 0 spiro atoms. The Morgan fingerprint density at radius 1 is 1.17 bits per heavy atom. The van der Waals surface area contributed by atoms with Gasteiger partial charge in [0.1, 0.15) is 12.2 Å². The van der Waals surface area contributed by atoms with Crippen molar-refractivity contribution in [2.24, 2.45) is 5.92 Å². The summed E-state index contributed by atoms with van der Waals surface area (Å²) in [6, 6.07) is -0.0654. The molecule has 1 amide bonds. The number of nitrogens with zero attached hydrogens (tertiary/aromatic N) is 1. The van der Waals surface area contributed by atoms with Gasteiger partial charge in [-0.05, 0) is 33.1 Å². The van der Waals surface area contributed by atoms with E-state index in [2.05, 4.69) is 0 Å². The van der Waals surface area contributed by atoms with Crippen LogP contribution in [0.1, 0.15) is 52.9 Å². The molecule has 9 heteroatoms. The Labute approximate surface area is 178 Å². The van der Waals surface area contributed by atoms with Crippen molar-refractivity contribution in [2.45, 2.75) is 95.7 Å². The Kier molecular flexibility index (Phi) is 10.4. The van der Waals surface area contributed by atoms with Gasteiger partial charge in [0.2, 0.25) is 5.91 Å². The van der Waals surface area contributed by atoms with Gasteiger partial charge in [0, 0.05) is 25.5 Å². The van der Waals surface area contributed by atoms with Crippen molar-refractivity contribution in [3.05, 3.63) is 0 Å². The maximum absolute atomic E-state index is 12.5. The van der Waals surface area contributed by atoms with Gasteiger partial charge in [-0.15, -0.1) is 0 Å². The number of hydrogen-bond acceptors (Lipinski definition) is 8. The van der Waals surface area contributed by atoms with Gasteiger partial charge in [0.25, 0.3) is 0 Å². The van der Waals surface area contributed by atoms with E-state index in [9.17, 15) is 25.2 Å². The van der Waals surface area contributed by atoms with Crippen LogP contribution in [-0.4, -0.2) is 100 Å². The van der Waals surface area contributed by atoms with Gasteiger partial charge in [0.15, 0.2) is 6.29 Å². The molecule has 2 heterocycles. The molecule has 4 N–H and O–H groups in total. The van der Waals surface area contributed by atoms with Crippen LogP contribution >= 0.6 is 0 Å². The summed E-state index contributed by atoms with van der Waals surface area (Å²) in [7, 11) is 0. The minimum atomic E-state index is -1.13. The monoisotopic (exact) mass is 433 g/mol. The van der Waals surface area contributed by atoms with Gasteiger partial charge >= 0.3 is 0 Å². The number of carbonyl (C=O) groups excluding carboxylic acids is 1. The Morgan fingerprint density at radius 3 is 2.57 bits per heavy atom. The van der Waals surface area contributed by atoms with Crippen molar-refractivity contribution >= 4 is 5.91 Å². The average molecular weight is 434 g/mol. The minimum Gasteiger partial charge on any atom is -0.394 e. The molecule has 2 rings (SSSR count). The van der Waals surface area contributed by atoms with Gasteiger partial charge in [-0.3, -0.25) is 4.79 Å². The standard InChI is InChI=1S/C21H39NO8/c1-13(2)29-12-15-9-16(24)10-22(15)18(25)7-5-4-6-8-28-21-14(3)19(26)20(27)17(11-23)30-21/h13-17,19-21,23-24,26-27H,4-12H2,1-3H3/t14?,15-,16+,17?,19?,20?,21?/m0/s1. The summed E-state index contributed by atoms with van der Waals surface area (Å²) in [5.74, 6) is -0.368. The lowest BCUT2D eigenvalue weighted by molar-refractivity contribution is -0.282. The largest absolute Gasteiger partial charge is 0.394 e. The van der Waals surface area contributed by atoms with Crippen LogP contribution in [0.15, 0.2) is 0 Å². The number of ether oxygens (including phenoxy) is 3. The fourth-order valence-corrected chi connectivity index (χ4v) is 3.97. The molecule has 0 aliphatic carbocycles. The zero-order valence-corrected chi connectivity index (χ0v) is 18.4.